The molecule has 0 aliphatic carbocycles. The van der Waals surface area contributed by atoms with E-state index < -0.39 is 25.4 Å². The maximum atomic E-state index is 11.9. The molecule has 0 saturated carbocycles. The first-order chi connectivity index (χ1) is 10.5. The predicted octanol–water partition coefficient (Wildman–Crippen LogP) is 2.82. The number of aromatic amines is 2. The summed E-state index contributed by atoms with van der Waals surface area (Å²) >= 11 is 0. The van der Waals surface area contributed by atoms with Gasteiger partial charge in [0.05, 0.1) is 0 Å². The van der Waals surface area contributed by atoms with Gasteiger partial charge in [-0.1, -0.05) is 32.9 Å². The molecule has 0 saturated heterocycles. The van der Waals surface area contributed by atoms with Crippen molar-refractivity contribution in [1.82, 2.24) is 9.97 Å². The van der Waals surface area contributed by atoms with E-state index in [-0.39, 0.29) is 10.6 Å². The van der Waals surface area contributed by atoms with Crippen molar-refractivity contribution in [2.45, 2.75) is 38.9 Å². The largest absolute Gasteiger partial charge is 0.543 e. The quantitative estimate of drug-likeness (QED) is 0.752. The summed E-state index contributed by atoms with van der Waals surface area (Å²) in [5.74, 6) is 0.183. The summed E-state index contributed by atoms with van der Waals surface area (Å²) in [6.45, 7) is 10.7. The average Bonchev–Trinajstić information content (AvgIpc) is 2.35. The van der Waals surface area contributed by atoms with Crippen LogP contribution >= 0.6 is 0 Å². The van der Waals surface area contributed by atoms with E-state index in [0.717, 1.165) is 0 Å². The summed E-state index contributed by atoms with van der Waals surface area (Å²) in [6, 6.07) is 6.95. The van der Waals surface area contributed by atoms with Crippen molar-refractivity contribution < 1.29 is 9.53 Å². The van der Waals surface area contributed by atoms with Gasteiger partial charge in [0.2, 0.25) is 14.2 Å². The smallest absolute Gasteiger partial charge is 0.328 e. The third kappa shape index (κ3) is 3.56. The first-order valence-corrected chi connectivity index (χ1v) is 10.3. The summed E-state index contributed by atoms with van der Waals surface area (Å²) in [5, 5.41) is 9.91. The van der Waals surface area contributed by atoms with Gasteiger partial charge in [-0.15, -0.1) is 0 Å². The van der Waals surface area contributed by atoms with Gasteiger partial charge in [0, 0.05) is 0 Å². The molecule has 0 radical (unpaired) electrons. The fourth-order valence-electron chi connectivity index (χ4n) is 1.91. The normalized spacial score (nSPS) is 12.2. The van der Waals surface area contributed by atoms with Crippen molar-refractivity contribution in [2.24, 2.45) is 0 Å². The van der Waals surface area contributed by atoms with Gasteiger partial charge < -0.3 is 9.53 Å². The summed E-state index contributed by atoms with van der Waals surface area (Å²) < 4.78 is 6.20. The Morgan fingerprint density at radius 1 is 1.13 bits per heavy atom. The maximum absolute atomic E-state index is 11.9. The summed E-state index contributed by atoms with van der Waals surface area (Å²) in [6.07, 6.45) is 0. The first-order valence-electron chi connectivity index (χ1n) is 7.36. The monoisotopic (exact) mass is 334 g/mol. The Hall–Kier alpha value is -2.28. The Morgan fingerprint density at radius 3 is 2.35 bits per heavy atom. The molecule has 23 heavy (non-hydrogen) atoms. The van der Waals surface area contributed by atoms with Crippen LogP contribution < -0.4 is 15.7 Å². The van der Waals surface area contributed by atoms with Gasteiger partial charge in [0.25, 0.3) is 5.56 Å². The van der Waals surface area contributed by atoms with Gasteiger partial charge in [0.1, 0.15) is 11.3 Å². The van der Waals surface area contributed by atoms with Crippen LogP contribution in [0.1, 0.15) is 20.8 Å². The van der Waals surface area contributed by atoms with Crippen LogP contribution in [0.5, 0.6) is 11.6 Å². The zero-order valence-electron chi connectivity index (χ0n) is 14.0. The van der Waals surface area contributed by atoms with E-state index >= 15 is 0 Å². The molecule has 0 unspecified atom stereocenters. The van der Waals surface area contributed by atoms with Crippen molar-refractivity contribution in [1.29, 1.82) is 0 Å². The second-order valence-electron chi connectivity index (χ2n) is 7.02. The molecule has 124 valence electrons. The number of aromatic hydroxyl groups is 1. The molecule has 6 nitrogen and oxygen atoms in total. The Balaban J connectivity index is 2.47. The van der Waals surface area contributed by atoms with E-state index in [2.05, 4.69) is 43.8 Å². The van der Waals surface area contributed by atoms with Crippen LogP contribution in [0.3, 0.4) is 0 Å². The Kier molecular flexibility index (Phi) is 4.26. The maximum Gasteiger partial charge on any atom is 0.328 e. The highest BCUT2D eigenvalue weighted by Gasteiger charge is 2.39. The van der Waals surface area contributed by atoms with E-state index in [4.69, 9.17) is 4.43 Å². The number of hydrogen-bond donors (Lipinski definition) is 3. The van der Waals surface area contributed by atoms with E-state index in [1.54, 1.807) is 18.2 Å². The molecular formula is C16H22N2O4Si. The van der Waals surface area contributed by atoms with Crippen LogP contribution in [0, 0.1) is 0 Å². The number of aromatic nitrogens is 2. The first kappa shape index (κ1) is 17.1. The highest BCUT2D eigenvalue weighted by atomic mass is 28.4. The predicted molar refractivity (Wildman–Crippen MR) is 92.6 cm³/mol. The van der Waals surface area contributed by atoms with E-state index in [9.17, 15) is 14.7 Å². The highest BCUT2D eigenvalue weighted by molar-refractivity contribution is 6.74. The molecule has 0 fully saturated rings. The van der Waals surface area contributed by atoms with Crippen LogP contribution in [0.15, 0.2) is 33.9 Å². The molecule has 0 spiro atoms. The minimum atomic E-state index is -2.01. The molecule has 0 atom stereocenters. The van der Waals surface area contributed by atoms with Crippen molar-refractivity contribution in [2.75, 3.05) is 0 Å². The lowest BCUT2D eigenvalue weighted by molar-refractivity contribution is 0.451. The van der Waals surface area contributed by atoms with Crippen LogP contribution in [-0.2, 0) is 0 Å². The van der Waals surface area contributed by atoms with Gasteiger partial charge in [-0.2, -0.15) is 0 Å². The van der Waals surface area contributed by atoms with Crippen LogP contribution in [0.4, 0.5) is 0 Å². The third-order valence-electron chi connectivity index (χ3n) is 4.22. The van der Waals surface area contributed by atoms with Crippen molar-refractivity contribution >= 4 is 8.32 Å². The zero-order chi connectivity index (χ0) is 17.4. The Morgan fingerprint density at radius 2 is 1.78 bits per heavy atom. The molecule has 2 aromatic rings. The summed E-state index contributed by atoms with van der Waals surface area (Å²) in [5.41, 5.74) is -0.887. The number of nitrogens with one attached hydrogen (secondary N) is 2. The second-order valence-corrected chi connectivity index (χ2v) is 11.7. The lowest BCUT2D eigenvalue weighted by atomic mass is 10.1. The lowest BCUT2D eigenvalue weighted by Crippen LogP contribution is -2.43. The van der Waals surface area contributed by atoms with E-state index in [1.165, 1.54) is 0 Å². The standard InChI is InChI=1S/C16H22N2O4Si/c1-16(2,3)23(4,5)22-11-8-6-7-10(9-11)12-13(19)17-15(21)18-14(12)20/h6-9H,1-5H3,(H3,17,18,19,20,21). The molecule has 0 aliphatic heterocycles. The minimum absolute atomic E-state index is 0.0188. The van der Waals surface area contributed by atoms with E-state index in [1.807, 2.05) is 6.07 Å². The van der Waals surface area contributed by atoms with Gasteiger partial charge in [-0.05, 0) is 35.8 Å². The molecule has 0 amide bonds. The number of H-pyrrole nitrogens is 2. The number of benzene rings is 1. The van der Waals surface area contributed by atoms with Gasteiger partial charge in [-0.3, -0.25) is 14.8 Å². The molecule has 0 bridgehead atoms. The van der Waals surface area contributed by atoms with Gasteiger partial charge in [-0.25, -0.2) is 4.79 Å². The van der Waals surface area contributed by atoms with Crippen LogP contribution in [0.25, 0.3) is 11.1 Å². The van der Waals surface area contributed by atoms with Crippen molar-refractivity contribution in [3.05, 3.63) is 45.1 Å². The fourth-order valence-corrected chi connectivity index (χ4v) is 2.93. The molecule has 1 heterocycles. The average molecular weight is 334 g/mol. The second kappa shape index (κ2) is 5.73. The molecule has 7 heteroatoms. The van der Waals surface area contributed by atoms with Gasteiger partial charge >= 0.3 is 5.69 Å². The minimum Gasteiger partial charge on any atom is -0.543 e. The van der Waals surface area contributed by atoms with Crippen molar-refractivity contribution in [3.8, 4) is 22.8 Å². The lowest BCUT2D eigenvalue weighted by Gasteiger charge is -2.36. The van der Waals surface area contributed by atoms with Crippen LogP contribution in [-0.4, -0.2) is 23.4 Å². The molecule has 1 aromatic carbocycles. The molecule has 2 rings (SSSR count). The highest BCUT2D eigenvalue weighted by Crippen LogP contribution is 2.38. The molecule has 3 N–H and O–H groups in total. The number of rotatable bonds is 3. The molecule has 1 aromatic heterocycles. The summed E-state index contributed by atoms with van der Waals surface area (Å²) in [7, 11) is -2.01. The third-order valence-corrected chi connectivity index (χ3v) is 8.58. The van der Waals surface area contributed by atoms with E-state index in [0.29, 0.717) is 11.3 Å². The molecule has 0 aliphatic rings. The zero-order valence-corrected chi connectivity index (χ0v) is 15.0. The van der Waals surface area contributed by atoms with Crippen molar-refractivity contribution in [3.63, 3.8) is 0 Å². The Labute approximate surface area is 135 Å². The SMILES string of the molecule is CC(C)(C)[Si](C)(C)Oc1cccc(-c2c(O)[nH]c(=O)[nH]c2=O)c1. The summed E-state index contributed by atoms with van der Waals surface area (Å²) in [4.78, 5) is 27.4. The topological polar surface area (TPSA) is 95.2 Å². The Bertz CT molecular complexity index is 831. The molecular weight excluding hydrogens is 312 g/mol. The fraction of sp³-hybridized carbons (Fsp3) is 0.375. The van der Waals surface area contributed by atoms with Gasteiger partial charge in [0.15, 0.2) is 0 Å². The van der Waals surface area contributed by atoms with Crippen LogP contribution in [0.2, 0.25) is 18.1 Å². The number of hydrogen-bond acceptors (Lipinski definition) is 4.